The van der Waals surface area contributed by atoms with E-state index in [4.69, 9.17) is 16.6 Å². The van der Waals surface area contributed by atoms with Crippen LogP contribution in [0.2, 0.25) is 5.02 Å². The second-order valence-corrected chi connectivity index (χ2v) is 6.99. The van der Waals surface area contributed by atoms with E-state index in [0.29, 0.717) is 30.1 Å². The molecule has 26 heavy (non-hydrogen) atoms. The first-order valence-corrected chi connectivity index (χ1v) is 9.12. The van der Waals surface area contributed by atoms with Crippen LogP contribution in [0.15, 0.2) is 42.5 Å². The van der Waals surface area contributed by atoms with Crippen molar-refractivity contribution < 1.29 is 9.18 Å². The Labute approximate surface area is 156 Å². The first-order valence-electron chi connectivity index (χ1n) is 8.74. The number of nitrogens with zero attached hydrogens (tertiary/aromatic N) is 3. The minimum atomic E-state index is -0.334. The predicted molar refractivity (Wildman–Crippen MR) is 99.9 cm³/mol. The Hall–Kier alpha value is -2.40. The molecular weight excluding hydrogens is 353 g/mol. The molecule has 1 aromatic heterocycles. The average Bonchev–Trinajstić information content (AvgIpc) is 3.18. The van der Waals surface area contributed by atoms with Crippen molar-refractivity contribution in [3.63, 3.8) is 0 Å². The van der Waals surface area contributed by atoms with Crippen LogP contribution >= 0.6 is 11.6 Å². The first-order chi connectivity index (χ1) is 12.6. The summed E-state index contributed by atoms with van der Waals surface area (Å²) in [4.78, 5) is 18.8. The molecule has 1 fully saturated rings. The van der Waals surface area contributed by atoms with Crippen molar-refractivity contribution in [2.75, 3.05) is 13.1 Å². The minimum Gasteiger partial charge on any atom is -0.342 e. The largest absolute Gasteiger partial charge is 0.342 e. The average molecular weight is 372 g/mol. The number of aromatic nitrogens is 2. The third-order valence-corrected chi connectivity index (χ3v) is 5.38. The van der Waals surface area contributed by atoms with Gasteiger partial charge in [0.15, 0.2) is 0 Å². The number of hydrogen-bond acceptors (Lipinski definition) is 2. The molecule has 134 valence electrons. The molecule has 0 saturated carbocycles. The molecule has 1 atom stereocenters. The number of imidazole rings is 1. The Kier molecular flexibility index (Phi) is 4.41. The summed E-state index contributed by atoms with van der Waals surface area (Å²) in [6.07, 6.45) is 0.433. The molecule has 0 N–H and O–H groups in total. The lowest BCUT2D eigenvalue weighted by molar-refractivity contribution is -0.127. The highest BCUT2D eigenvalue weighted by molar-refractivity contribution is 6.31. The highest BCUT2D eigenvalue weighted by atomic mass is 35.5. The van der Waals surface area contributed by atoms with E-state index in [1.54, 1.807) is 12.1 Å². The maximum Gasteiger partial charge on any atom is 0.223 e. The Bertz CT molecular complexity index is 964. The van der Waals surface area contributed by atoms with Gasteiger partial charge in [0.25, 0.3) is 0 Å². The Morgan fingerprint density at radius 3 is 2.77 bits per heavy atom. The van der Waals surface area contributed by atoms with E-state index in [0.717, 1.165) is 16.9 Å². The minimum absolute atomic E-state index is 0.000369. The van der Waals surface area contributed by atoms with E-state index in [1.807, 2.05) is 40.7 Å². The number of likely N-dealkylation sites (tertiary alicyclic amines) is 1. The molecule has 3 aromatic rings. The van der Waals surface area contributed by atoms with Gasteiger partial charge in [0.05, 0.1) is 17.6 Å². The molecule has 1 amide bonds. The molecule has 0 bridgehead atoms. The second kappa shape index (κ2) is 6.72. The van der Waals surface area contributed by atoms with Crippen molar-refractivity contribution in [1.82, 2.24) is 14.5 Å². The van der Waals surface area contributed by atoms with Crippen LogP contribution in [0.1, 0.15) is 30.7 Å². The highest BCUT2D eigenvalue weighted by Crippen LogP contribution is 2.32. The highest BCUT2D eigenvalue weighted by Gasteiger charge is 2.33. The quantitative estimate of drug-likeness (QED) is 0.689. The molecule has 4 nitrogen and oxygen atoms in total. The number of fused-ring (bicyclic) bond motifs is 1. The van der Waals surface area contributed by atoms with Gasteiger partial charge in [-0.1, -0.05) is 29.8 Å². The molecular formula is C20H19ClFN3O. The Morgan fingerprint density at radius 1 is 1.23 bits per heavy atom. The maximum absolute atomic E-state index is 14.3. The molecule has 4 rings (SSSR count). The summed E-state index contributed by atoms with van der Waals surface area (Å²) in [7, 11) is 0. The second-order valence-electron chi connectivity index (χ2n) is 6.58. The van der Waals surface area contributed by atoms with Crippen LogP contribution in [-0.2, 0) is 11.3 Å². The summed E-state index contributed by atoms with van der Waals surface area (Å²) >= 11 is 6.24. The molecule has 1 unspecified atom stereocenters. The van der Waals surface area contributed by atoms with Crippen LogP contribution in [0.4, 0.5) is 4.39 Å². The van der Waals surface area contributed by atoms with Gasteiger partial charge in [0, 0.05) is 36.0 Å². The van der Waals surface area contributed by atoms with E-state index >= 15 is 0 Å². The zero-order valence-electron chi connectivity index (χ0n) is 14.5. The number of hydrogen-bond donors (Lipinski definition) is 0. The fourth-order valence-electron chi connectivity index (χ4n) is 3.66. The van der Waals surface area contributed by atoms with E-state index in [2.05, 4.69) is 0 Å². The van der Waals surface area contributed by atoms with E-state index in [1.165, 1.54) is 6.07 Å². The Balaban J connectivity index is 1.81. The number of carbonyl (C=O) groups excluding carboxylic acids is 1. The van der Waals surface area contributed by atoms with Gasteiger partial charge in [-0.2, -0.15) is 0 Å². The smallest absolute Gasteiger partial charge is 0.223 e. The topological polar surface area (TPSA) is 38.1 Å². The SMILES string of the molecule is CCN1CC(c2nc3ccccc3n2Cc2c(F)cccc2Cl)CC1=O. The van der Waals surface area contributed by atoms with Crippen molar-refractivity contribution in [3.05, 3.63) is 64.7 Å². The zero-order valence-corrected chi connectivity index (χ0v) is 15.2. The van der Waals surface area contributed by atoms with Crippen molar-refractivity contribution in [2.24, 2.45) is 0 Å². The lowest BCUT2D eigenvalue weighted by atomic mass is 10.1. The van der Waals surface area contributed by atoms with Gasteiger partial charge in [-0.05, 0) is 31.2 Å². The maximum atomic E-state index is 14.3. The van der Waals surface area contributed by atoms with Crippen LogP contribution in [-0.4, -0.2) is 33.4 Å². The standard InChI is InChI=1S/C20H19ClFN3O/c1-2-24-11-13(10-19(24)26)20-23-17-8-3-4-9-18(17)25(20)12-14-15(21)6-5-7-16(14)22/h3-9,13H,2,10-12H2,1H3. The van der Waals surface area contributed by atoms with Crippen molar-refractivity contribution in [2.45, 2.75) is 25.8 Å². The molecule has 2 aromatic carbocycles. The Morgan fingerprint density at radius 2 is 2.04 bits per heavy atom. The summed E-state index contributed by atoms with van der Waals surface area (Å²) in [5.41, 5.74) is 2.21. The number of para-hydroxylation sites is 2. The number of carbonyl (C=O) groups is 1. The summed E-state index contributed by atoms with van der Waals surface area (Å²) in [6.45, 7) is 3.60. The van der Waals surface area contributed by atoms with Crippen LogP contribution in [0, 0.1) is 5.82 Å². The van der Waals surface area contributed by atoms with Crippen molar-refractivity contribution in [1.29, 1.82) is 0 Å². The number of amides is 1. The first kappa shape index (κ1) is 17.0. The predicted octanol–water partition coefficient (Wildman–Crippen LogP) is 4.21. The molecule has 1 aliphatic rings. The van der Waals surface area contributed by atoms with Gasteiger partial charge in [0.2, 0.25) is 5.91 Å². The molecule has 0 radical (unpaired) electrons. The lowest BCUT2D eigenvalue weighted by Crippen LogP contribution is -2.24. The van der Waals surface area contributed by atoms with Gasteiger partial charge in [-0.15, -0.1) is 0 Å². The number of halogens is 2. The van der Waals surface area contributed by atoms with Crippen LogP contribution < -0.4 is 0 Å². The summed E-state index contributed by atoms with van der Waals surface area (Å²) in [6, 6.07) is 12.5. The van der Waals surface area contributed by atoms with Gasteiger partial charge in [-0.25, -0.2) is 9.37 Å². The lowest BCUT2D eigenvalue weighted by Gasteiger charge is -2.16. The third-order valence-electron chi connectivity index (χ3n) is 5.02. The normalized spacial score (nSPS) is 17.4. The molecule has 0 spiro atoms. The van der Waals surface area contributed by atoms with E-state index < -0.39 is 0 Å². The van der Waals surface area contributed by atoms with Crippen LogP contribution in [0.5, 0.6) is 0 Å². The third kappa shape index (κ3) is 2.86. The van der Waals surface area contributed by atoms with E-state index in [-0.39, 0.29) is 24.2 Å². The van der Waals surface area contributed by atoms with Gasteiger partial charge >= 0.3 is 0 Å². The van der Waals surface area contributed by atoms with Gasteiger partial charge in [-0.3, -0.25) is 4.79 Å². The summed E-state index contributed by atoms with van der Waals surface area (Å²) in [5.74, 6) is 0.620. The number of rotatable bonds is 4. The summed E-state index contributed by atoms with van der Waals surface area (Å²) in [5, 5.41) is 0.395. The molecule has 0 aliphatic carbocycles. The number of benzene rings is 2. The molecule has 1 saturated heterocycles. The van der Waals surface area contributed by atoms with Crippen LogP contribution in [0.3, 0.4) is 0 Å². The molecule has 6 heteroatoms. The van der Waals surface area contributed by atoms with Crippen molar-refractivity contribution >= 4 is 28.5 Å². The monoisotopic (exact) mass is 371 g/mol. The molecule has 2 heterocycles. The van der Waals surface area contributed by atoms with Crippen molar-refractivity contribution in [3.8, 4) is 0 Å². The fraction of sp³-hybridized carbons (Fsp3) is 0.300. The zero-order chi connectivity index (χ0) is 18.3. The fourth-order valence-corrected chi connectivity index (χ4v) is 3.89. The van der Waals surface area contributed by atoms with Crippen LogP contribution in [0.25, 0.3) is 11.0 Å². The van der Waals surface area contributed by atoms with Gasteiger partial charge in [0.1, 0.15) is 11.6 Å². The molecule has 1 aliphatic heterocycles. The number of likely N-dealkylation sites (N-methyl/N-ethyl adjacent to an activating group) is 1. The van der Waals surface area contributed by atoms with E-state index in [9.17, 15) is 9.18 Å². The van der Waals surface area contributed by atoms with Gasteiger partial charge < -0.3 is 9.47 Å². The summed E-state index contributed by atoms with van der Waals surface area (Å²) < 4.78 is 16.3.